The van der Waals surface area contributed by atoms with Crippen LogP contribution in [0.25, 0.3) is 0 Å². The summed E-state index contributed by atoms with van der Waals surface area (Å²) in [6.07, 6.45) is 10.5. The number of aliphatic hydroxyl groups is 2. The van der Waals surface area contributed by atoms with E-state index in [0.717, 1.165) is 19.3 Å². The van der Waals surface area contributed by atoms with Gasteiger partial charge in [-0.1, -0.05) is 44.9 Å². The highest BCUT2D eigenvalue weighted by atomic mass is 16.3. The number of aliphatic hydroxyl groups excluding tert-OH is 2. The van der Waals surface area contributed by atoms with E-state index in [2.05, 4.69) is 0 Å². The molecule has 3 nitrogen and oxygen atoms in total. The molecule has 4 N–H and O–H groups in total. The number of hydrogen-bond acceptors (Lipinski definition) is 3. The van der Waals surface area contributed by atoms with E-state index in [1.807, 2.05) is 0 Å². The van der Waals surface area contributed by atoms with Crippen molar-refractivity contribution in [1.82, 2.24) is 0 Å². The third kappa shape index (κ3) is 3.69. The highest BCUT2D eigenvalue weighted by Crippen LogP contribution is 2.32. The average molecular weight is 255 g/mol. The van der Waals surface area contributed by atoms with Gasteiger partial charge in [0.2, 0.25) is 0 Å². The second kappa shape index (κ2) is 6.88. The Morgan fingerprint density at radius 2 is 1.44 bits per heavy atom. The quantitative estimate of drug-likeness (QED) is 0.705. The van der Waals surface area contributed by atoms with Gasteiger partial charge in [-0.25, -0.2) is 0 Å². The molecular weight excluding hydrogens is 226 g/mol. The standard InChI is InChI=1S/C15H29NO2/c16-13(10-11-6-2-1-3-7-11)15(18)14(17)12-8-4-5-9-12/h11-15,17-18H,1-10,16H2/t13-,14-,15+/m0/s1. The van der Waals surface area contributed by atoms with Crippen LogP contribution in [0.3, 0.4) is 0 Å². The molecule has 0 aromatic carbocycles. The van der Waals surface area contributed by atoms with Crippen LogP contribution in [0.2, 0.25) is 0 Å². The zero-order valence-electron chi connectivity index (χ0n) is 11.4. The Balaban J connectivity index is 1.77. The lowest BCUT2D eigenvalue weighted by Gasteiger charge is -2.31. The van der Waals surface area contributed by atoms with E-state index >= 15 is 0 Å². The minimum Gasteiger partial charge on any atom is -0.390 e. The van der Waals surface area contributed by atoms with E-state index < -0.39 is 12.2 Å². The van der Waals surface area contributed by atoms with Crippen LogP contribution >= 0.6 is 0 Å². The lowest BCUT2D eigenvalue weighted by molar-refractivity contribution is -0.0323. The number of rotatable bonds is 5. The Kier molecular flexibility index (Phi) is 5.46. The minimum atomic E-state index is -0.727. The fourth-order valence-corrected chi connectivity index (χ4v) is 3.78. The van der Waals surface area contributed by atoms with Crippen LogP contribution in [0, 0.1) is 11.8 Å². The van der Waals surface area contributed by atoms with Crippen molar-refractivity contribution in [2.24, 2.45) is 17.6 Å². The first-order chi connectivity index (χ1) is 8.68. The monoisotopic (exact) mass is 255 g/mol. The summed E-state index contributed by atoms with van der Waals surface area (Å²) in [6, 6.07) is -0.247. The molecule has 2 saturated carbocycles. The van der Waals surface area contributed by atoms with Gasteiger partial charge in [-0.05, 0) is 31.1 Å². The van der Waals surface area contributed by atoms with Gasteiger partial charge in [0.15, 0.2) is 0 Å². The second-order valence-corrected chi connectivity index (χ2v) is 6.43. The van der Waals surface area contributed by atoms with Crippen LogP contribution in [0.15, 0.2) is 0 Å². The van der Waals surface area contributed by atoms with E-state index in [-0.39, 0.29) is 12.0 Å². The Hall–Kier alpha value is -0.120. The van der Waals surface area contributed by atoms with E-state index in [4.69, 9.17) is 5.73 Å². The largest absolute Gasteiger partial charge is 0.390 e. The zero-order chi connectivity index (χ0) is 13.0. The highest BCUT2D eigenvalue weighted by molar-refractivity contribution is 4.87. The normalized spacial score (nSPS) is 28.2. The molecule has 3 atom stereocenters. The Bertz CT molecular complexity index is 235. The summed E-state index contributed by atoms with van der Waals surface area (Å²) < 4.78 is 0. The summed E-state index contributed by atoms with van der Waals surface area (Å²) in [7, 11) is 0. The fraction of sp³-hybridized carbons (Fsp3) is 1.00. The van der Waals surface area contributed by atoms with Crippen LogP contribution in [0.4, 0.5) is 0 Å². The van der Waals surface area contributed by atoms with Crippen molar-refractivity contribution in [3.63, 3.8) is 0 Å². The van der Waals surface area contributed by atoms with Crippen molar-refractivity contribution in [3.05, 3.63) is 0 Å². The average Bonchev–Trinajstić information content (AvgIpc) is 2.92. The van der Waals surface area contributed by atoms with E-state index in [1.54, 1.807) is 0 Å². The van der Waals surface area contributed by atoms with Crippen LogP contribution in [0.1, 0.15) is 64.2 Å². The first-order valence-corrected chi connectivity index (χ1v) is 7.80. The summed E-state index contributed by atoms with van der Waals surface area (Å²) in [5.74, 6) is 0.941. The van der Waals surface area contributed by atoms with Crippen molar-refractivity contribution in [2.45, 2.75) is 82.5 Å². The Morgan fingerprint density at radius 1 is 0.889 bits per heavy atom. The molecule has 2 aliphatic rings. The van der Waals surface area contributed by atoms with Crippen molar-refractivity contribution >= 4 is 0 Å². The molecule has 0 amide bonds. The van der Waals surface area contributed by atoms with Crippen molar-refractivity contribution in [1.29, 1.82) is 0 Å². The molecule has 0 radical (unpaired) electrons. The summed E-state index contributed by atoms with van der Waals surface area (Å²) in [6.45, 7) is 0. The zero-order valence-corrected chi connectivity index (χ0v) is 11.4. The second-order valence-electron chi connectivity index (χ2n) is 6.43. The van der Waals surface area contributed by atoms with Gasteiger partial charge >= 0.3 is 0 Å². The maximum atomic E-state index is 10.2. The smallest absolute Gasteiger partial charge is 0.0952 e. The van der Waals surface area contributed by atoms with Gasteiger partial charge in [-0.2, -0.15) is 0 Å². The van der Waals surface area contributed by atoms with Crippen LogP contribution in [-0.2, 0) is 0 Å². The first kappa shape index (κ1) is 14.3. The first-order valence-electron chi connectivity index (χ1n) is 7.80. The van der Waals surface area contributed by atoms with Crippen molar-refractivity contribution in [2.75, 3.05) is 0 Å². The van der Waals surface area contributed by atoms with Crippen molar-refractivity contribution < 1.29 is 10.2 Å². The van der Waals surface area contributed by atoms with Gasteiger partial charge in [0, 0.05) is 6.04 Å². The molecule has 0 heterocycles. The number of hydrogen-bond donors (Lipinski definition) is 3. The molecule has 2 rings (SSSR count). The lowest BCUT2D eigenvalue weighted by atomic mass is 9.82. The third-order valence-electron chi connectivity index (χ3n) is 5.00. The molecule has 2 fully saturated rings. The highest BCUT2D eigenvalue weighted by Gasteiger charge is 2.33. The van der Waals surface area contributed by atoms with Crippen LogP contribution < -0.4 is 5.73 Å². The molecule has 0 spiro atoms. The molecule has 0 bridgehead atoms. The Morgan fingerprint density at radius 3 is 2.06 bits per heavy atom. The number of nitrogens with two attached hydrogens (primary N) is 1. The van der Waals surface area contributed by atoms with E-state index in [1.165, 1.54) is 44.9 Å². The van der Waals surface area contributed by atoms with E-state index in [0.29, 0.717) is 5.92 Å². The van der Waals surface area contributed by atoms with Gasteiger partial charge in [-0.15, -0.1) is 0 Å². The third-order valence-corrected chi connectivity index (χ3v) is 5.00. The minimum absolute atomic E-state index is 0.247. The summed E-state index contributed by atoms with van der Waals surface area (Å²) in [5.41, 5.74) is 6.11. The summed E-state index contributed by atoms with van der Waals surface area (Å²) in [4.78, 5) is 0. The predicted molar refractivity (Wildman–Crippen MR) is 73.1 cm³/mol. The van der Waals surface area contributed by atoms with Crippen LogP contribution in [-0.4, -0.2) is 28.5 Å². The molecular formula is C15H29NO2. The molecule has 0 unspecified atom stereocenters. The predicted octanol–water partition coefficient (Wildman–Crippen LogP) is 2.20. The molecule has 106 valence electrons. The summed E-state index contributed by atoms with van der Waals surface area (Å²) >= 11 is 0. The molecule has 0 aromatic rings. The lowest BCUT2D eigenvalue weighted by Crippen LogP contribution is -2.46. The van der Waals surface area contributed by atoms with Crippen LogP contribution in [0.5, 0.6) is 0 Å². The van der Waals surface area contributed by atoms with Gasteiger partial charge < -0.3 is 15.9 Å². The molecule has 2 aliphatic carbocycles. The Labute approximate surface area is 111 Å². The van der Waals surface area contributed by atoms with E-state index in [9.17, 15) is 10.2 Å². The molecule has 3 heteroatoms. The van der Waals surface area contributed by atoms with Gasteiger partial charge in [0.25, 0.3) is 0 Å². The molecule has 18 heavy (non-hydrogen) atoms. The van der Waals surface area contributed by atoms with Crippen molar-refractivity contribution in [3.8, 4) is 0 Å². The fourth-order valence-electron chi connectivity index (χ4n) is 3.78. The van der Waals surface area contributed by atoms with Gasteiger partial charge in [0.1, 0.15) is 0 Å². The molecule has 0 aliphatic heterocycles. The molecule has 0 aromatic heterocycles. The molecule has 0 saturated heterocycles. The van der Waals surface area contributed by atoms with Gasteiger partial charge in [-0.3, -0.25) is 0 Å². The topological polar surface area (TPSA) is 66.5 Å². The maximum Gasteiger partial charge on any atom is 0.0952 e. The van der Waals surface area contributed by atoms with Gasteiger partial charge in [0.05, 0.1) is 12.2 Å². The SMILES string of the molecule is N[C@@H](CC1CCCCC1)[C@@H](O)[C@@H](O)C1CCCC1. The maximum absolute atomic E-state index is 10.2. The summed E-state index contributed by atoms with van der Waals surface area (Å²) in [5, 5.41) is 20.4.